The Morgan fingerprint density at radius 1 is 1.32 bits per heavy atom. The third-order valence-corrected chi connectivity index (χ3v) is 6.31. The van der Waals surface area contributed by atoms with Gasteiger partial charge in [-0.05, 0) is 29.7 Å². The van der Waals surface area contributed by atoms with E-state index in [4.69, 9.17) is 0 Å². The van der Waals surface area contributed by atoms with Gasteiger partial charge in [0, 0.05) is 28.2 Å². The molecular weight excluding hydrogens is 335 g/mol. The summed E-state index contributed by atoms with van der Waals surface area (Å²) in [6.07, 6.45) is 4.17. The minimum atomic E-state index is -0.845. The molecule has 0 radical (unpaired) electrons. The first kappa shape index (κ1) is 15.2. The molecule has 5 heteroatoms. The highest BCUT2D eigenvalue weighted by Gasteiger charge is 2.31. The number of imidazole rings is 1. The second-order valence-electron chi connectivity index (χ2n) is 6.62. The van der Waals surface area contributed by atoms with Crippen LogP contribution in [0.2, 0.25) is 0 Å². The fraction of sp³-hybridized carbons (Fsp3) is 0.250. The van der Waals surface area contributed by atoms with Crippen molar-refractivity contribution in [3.63, 3.8) is 0 Å². The monoisotopic (exact) mass is 352 g/mol. The fourth-order valence-electron chi connectivity index (χ4n) is 3.99. The molecule has 2 aliphatic heterocycles. The van der Waals surface area contributed by atoms with Crippen molar-refractivity contribution in [2.24, 2.45) is 0 Å². The van der Waals surface area contributed by atoms with E-state index in [1.165, 1.54) is 0 Å². The average molecular weight is 352 g/mol. The molecule has 25 heavy (non-hydrogen) atoms. The van der Waals surface area contributed by atoms with E-state index >= 15 is 0 Å². The molecular formula is C20H17FN2OS. The normalized spacial score (nSPS) is 18.7. The van der Waals surface area contributed by atoms with Gasteiger partial charge >= 0.3 is 0 Å². The lowest BCUT2D eigenvalue weighted by molar-refractivity contribution is 0.149. The highest BCUT2D eigenvalue weighted by atomic mass is 32.2. The Labute approximate surface area is 149 Å². The van der Waals surface area contributed by atoms with E-state index in [2.05, 4.69) is 21.7 Å². The van der Waals surface area contributed by atoms with E-state index < -0.39 is 6.10 Å². The Hall–Kier alpha value is -2.11. The van der Waals surface area contributed by atoms with Gasteiger partial charge in [-0.1, -0.05) is 24.3 Å². The molecule has 126 valence electrons. The standard InChI is InChI=1S/C20H17FN2OS/c21-16-8-20-12(5-6-25-20)7-15(16)19(24)9-17-13-3-1-2-4-14(13)18-10-22-11-23(17)18/h1-4,7-8,10-11,17,19,24H,5-6,9H2. The number of nitrogens with zero attached hydrogens (tertiary/aromatic N) is 2. The number of rotatable bonds is 3. The third kappa shape index (κ3) is 2.34. The summed E-state index contributed by atoms with van der Waals surface area (Å²) in [5.41, 5.74) is 4.92. The van der Waals surface area contributed by atoms with Gasteiger partial charge in [0.05, 0.1) is 30.4 Å². The molecule has 2 unspecified atom stereocenters. The molecule has 3 nitrogen and oxygen atoms in total. The first-order valence-corrected chi connectivity index (χ1v) is 9.45. The maximum absolute atomic E-state index is 14.5. The quantitative estimate of drug-likeness (QED) is 0.761. The van der Waals surface area contributed by atoms with E-state index in [1.807, 2.05) is 24.4 Å². The zero-order valence-electron chi connectivity index (χ0n) is 13.5. The van der Waals surface area contributed by atoms with Crippen LogP contribution in [0.4, 0.5) is 4.39 Å². The number of aromatic nitrogens is 2. The molecule has 0 saturated heterocycles. The molecule has 0 fully saturated rings. The lowest BCUT2D eigenvalue weighted by atomic mass is 9.94. The molecule has 2 aromatic carbocycles. The third-order valence-electron chi connectivity index (χ3n) is 5.21. The minimum absolute atomic E-state index is 0.0225. The summed E-state index contributed by atoms with van der Waals surface area (Å²) in [5.74, 6) is 0.681. The number of benzene rings is 2. The summed E-state index contributed by atoms with van der Waals surface area (Å²) >= 11 is 1.68. The van der Waals surface area contributed by atoms with E-state index in [9.17, 15) is 9.50 Å². The predicted molar refractivity (Wildman–Crippen MR) is 96.2 cm³/mol. The Morgan fingerprint density at radius 3 is 3.12 bits per heavy atom. The molecule has 0 amide bonds. The number of hydrogen-bond acceptors (Lipinski definition) is 3. The molecule has 0 aliphatic carbocycles. The van der Waals surface area contributed by atoms with Crippen LogP contribution in [-0.4, -0.2) is 20.4 Å². The molecule has 2 aliphatic rings. The smallest absolute Gasteiger partial charge is 0.130 e. The Morgan fingerprint density at radius 2 is 2.20 bits per heavy atom. The van der Waals surface area contributed by atoms with Gasteiger partial charge in [-0.25, -0.2) is 9.37 Å². The Bertz CT molecular complexity index is 968. The van der Waals surface area contributed by atoms with Crippen LogP contribution >= 0.6 is 11.8 Å². The van der Waals surface area contributed by atoms with Crippen LogP contribution in [-0.2, 0) is 6.42 Å². The average Bonchev–Trinajstić information content (AvgIpc) is 3.31. The van der Waals surface area contributed by atoms with E-state index in [0.717, 1.165) is 39.5 Å². The zero-order chi connectivity index (χ0) is 17.0. The van der Waals surface area contributed by atoms with Crippen molar-refractivity contribution in [3.8, 4) is 11.3 Å². The summed E-state index contributed by atoms with van der Waals surface area (Å²) in [5, 5.41) is 10.8. The van der Waals surface area contributed by atoms with Gasteiger partial charge in [0.15, 0.2) is 0 Å². The maximum atomic E-state index is 14.5. The number of fused-ring (bicyclic) bond motifs is 4. The van der Waals surface area contributed by atoms with Crippen LogP contribution in [0.3, 0.4) is 0 Å². The van der Waals surface area contributed by atoms with Gasteiger partial charge in [-0.15, -0.1) is 11.8 Å². The molecule has 1 N–H and O–H groups in total. The fourth-order valence-corrected chi connectivity index (χ4v) is 5.06. The van der Waals surface area contributed by atoms with E-state index in [1.54, 1.807) is 24.2 Å². The van der Waals surface area contributed by atoms with Gasteiger partial charge in [-0.2, -0.15) is 0 Å². The number of thioether (sulfide) groups is 1. The summed E-state index contributed by atoms with van der Waals surface area (Å²) in [7, 11) is 0. The largest absolute Gasteiger partial charge is 0.388 e. The number of aliphatic hydroxyl groups is 1. The minimum Gasteiger partial charge on any atom is -0.388 e. The van der Waals surface area contributed by atoms with E-state index in [-0.39, 0.29) is 11.9 Å². The number of aryl methyl sites for hydroxylation is 1. The second-order valence-corrected chi connectivity index (χ2v) is 7.76. The number of halogens is 1. The van der Waals surface area contributed by atoms with Crippen molar-refractivity contribution in [1.82, 2.24) is 9.55 Å². The predicted octanol–water partition coefficient (Wildman–Crippen LogP) is 4.36. The van der Waals surface area contributed by atoms with Crippen LogP contribution in [0.15, 0.2) is 53.8 Å². The molecule has 1 aromatic heterocycles. The lowest BCUT2D eigenvalue weighted by Crippen LogP contribution is -2.12. The van der Waals surface area contributed by atoms with Crippen LogP contribution in [0.1, 0.15) is 35.3 Å². The van der Waals surface area contributed by atoms with E-state index in [0.29, 0.717) is 12.0 Å². The Balaban J connectivity index is 1.50. The summed E-state index contributed by atoms with van der Waals surface area (Å²) < 4.78 is 16.6. The highest BCUT2D eigenvalue weighted by Crippen LogP contribution is 2.44. The molecule has 0 saturated carbocycles. The molecule has 0 bridgehead atoms. The van der Waals surface area contributed by atoms with Crippen molar-refractivity contribution in [2.75, 3.05) is 5.75 Å². The second kappa shape index (κ2) is 5.71. The SMILES string of the molecule is OC(CC1c2ccccc2-c2cncn21)c1cc2c(cc1F)SCC2. The Kier molecular flexibility index (Phi) is 3.47. The molecule has 3 aromatic rings. The number of hydrogen-bond donors (Lipinski definition) is 1. The summed E-state index contributed by atoms with van der Waals surface area (Å²) in [4.78, 5) is 5.25. The van der Waals surface area contributed by atoms with Crippen molar-refractivity contribution in [2.45, 2.75) is 29.9 Å². The number of aliphatic hydroxyl groups excluding tert-OH is 1. The molecule has 0 spiro atoms. The lowest BCUT2D eigenvalue weighted by Gasteiger charge is -2.20. The first-order valence-electron chi connectivity index (χ1n) is 8.46. The van der Waals surface area contributed by atoms with Crippen molar-refractivity contribution in [3.05, 3.63) is 71.4 Å². The molecule has 2 atom stereocenters. The maximum Gasteiger partial charge on any atom is 0.130 e. The van der Waals surface area contributed by atoms with Gasteiger partial charge in [0.25, 0.3) is 0 Å². The van der Waals surface area contributed by atoms with Crippen molar-refractivity contribution < 1.29 is 9.50 Å². The highest BCUT2D eigenvalue weighted by molar-refractivity contribution is 7.99. The van der Waals surface area contributed by atoms with Crippen molar-refractivity contribution in [1.29, 1.82) is 0 Å². The van der Waals surface area contributed by atoms with Crippen LogP contribution in [0.25, 0.3) is 11.3 Å². The summed E-state index contributed by atoms with van der Waals surface area (Å²) in [6.45, 7) is 0. The molecule has 3 heterocycles. The first-order chi connectivity index (χ1) is 12.2. The van der Waals surface area contributed by atoms with Gasteiger partial charge < -0.3 is 9.67 Å². The topological polar surface area (TPSA) is 38.1 Å². The van der Waals surface area contributed by atoms with Crippen LogP contribution in [0, 0.1) is 5.82 Å². The van der Waals surface area contributed by atoms with Crippen LogP contribution in [0.5, 0.6) is 0 Å². The van der Waals surface area contributed by atoms with Gasteiger partial charge in [0.2, 0.25) is 0 Å². The molecule has 5 rings (SSSR count). The zero-order valence-corrected chi connectivity index (χ0v) is 14.3. The van der Waals surface area contributed by atoms with Gasteiger partial charge in [0.1, 0.15) is 5.82 Å². The van der Waals surface area contributed by atoms with Crippen LogP contribution < -0.4 is 0 Å². The summed E-state index contributed by atoms with van der Waals surface area (Å²) in [6, 6.07) is 11.6. The van der Waals surface area contributed by atoms with Crippen molar-refractivity contribution >= 4 is 11.8 Å². The van der Waals surface area contributed by atoms with Gasteiger partial charge in [-0.3, -0.25) is 0 Å².